The van der Waals surface area contributed by atoms with E-state index < -0.39 is 34.8 Å². The van der Waals surface area contributed by atoms with Gasteiger partial charge in [0.25, 0.3) is 10.0 Å². The molecule has 256 valence electrons. The van der Waals surface area contributed by atoms with Crippen LogP contribution >= 0.6 is 0 Å². The molecule has 47 heavy (non-hydrogen) atoms. The van der Waals surface area contributed by atoms with Crippen LogP contribution in [0.3, 0.4) is 0 Å². The number of fused-ring (bicyclic) bond motifs is 1. The molecule has 4 rings (SSSR count). The Hall–Kier alpha value is -3.97. The van der Waals surface area contributed by atoms with E-state index in [0.717, 1.165) is 36.2 Å². The molecule has 1 saturated heterocycles. The van der Waals surface area contributed by atoms with Crippen LogP contribution in [0, 0.1) is 11.8 Å². The van der Waals surface area contributed by atoms with Crippen molar-refractivity contribution in [3.8, 4) is 17.6 Å². The first-order valence-electron chi connectivity index (χ1n) is 15.1. The van der Waals surface area contributed by atoms with Gasteiger partial charge in [0, 0.05) is 56.3 Å². The number of amides is 1. The summed E-state index contributed by atoms with van der Waals surface area (Å²) in [5.74, 6) is 5.25. The van der Waals surface area contributed by atoms with Gasteiger partial charge in [-0.25, -0.2) is 13.1 Å². The lowest BCUT2D eigenvalue weighted by atomic mass is 10.0. The average Bonchev–Trinajstić information content (AvgIpc) is 3.36. The maximum atomic E-state index is 13.7. The highest BCUT2D eigenvalue weighted by Crippen LogP contribution is 2.32. The van der Waals surface area contributed by atoms with Crippen molar-refractivity contribution in [3.63, 3.8) is 0 Å². The van der Waals surface area contributed by atoms with Crippen LogP contribution in [0.2, 0.25) is 0 Å². The smallest absolute Gasteiger partial charge is 0.406 e. The molecule has 3 aromatic rings. The second kappa shape index (κ2) is 15.7. The lowest BCUT2D eigenvalue weighted by Gasteiger charge is -2.34. The van der Waals surface area contributed by atoms with Gasteiger partial charge in [-0.3, -0.25) is 4.79 Å². The van der Waals surface area contributed by atoms with Gasteiger partial charge in [-0.2, -0.15) is 13.2 Å². The number of methoxy groups -OCH3 is 2. The van der Waals surface area contributed by atoms with E-state index in [1.165, 1.54) is 32.2 Å². The molecular formula is C32H40F3N5O6S. The van der Waals surface area contributed by atoms with Gasteiger partial charge in [0.2, 0.25) is 5.91 Å². The number of piperidine rings is 1. The number of carbonyl (C=O) groups excluding carboxylic acids is 1. The Morgan fingerprint density at radius 1 is 1.13 bits per heavy atom. The molecular weight excluding hydrogens is 639 g/mol. The van der Waals surface area contributed by atoms with Crippen LogP contribution in [0.1, 0.15) is 31.9 Å². The highest BCUT2D eigenvalue weighted by molar-refractivity contribution is 7.90. The van der Waals surface area contributed by atoms with Crippen molar-refractivity contribution in [3.05, 3.63) is 48.2 Å². The van der Waals surface area contributed by atoms with E-state index in [1.54, 1.807) is 25.3 Å². The molecule has 2 heterocycles. The summed E-state index contributed by atoms with van der Waals surface area (Å²) in [5, 5.41) is 17.2. The van der Waals surface area contributed by atoms with Gasteiger partial charge in [-0.05, 0) is 49.1 Å². The molecule has 1 aromatic heterocycles. The van der Waals surface area contributed by atoms with Crippen molar-refractivity contribution in [2.45, 2.75) is 55.9 Å². The summed E-state index contributed by atoms with van der Waals surface area (Å²) in [6, 6.07) is 11.0. The number of hydrogen-bond donors (Lipinski definition) is 4. The molecule has 1 atom stereocenters. The molecule has 11 nitrogen and oxygen atoms in total. The Kier molecular flexibility index (Phi) is 12.0. The minimum Gasteiger partial charge on any atom is -0.495 e. The van der Waals surface area contributed by atoms with Gasteiger partial charge in [-0.1, -0.05) is 18.9 Å². The molecule has 1 aliphatic rings. The number of benzene rings is 2. The van der Waals surface area contributed by atoms with Crippen LogP contribution in [0.5, 0.6) is 5.75 Å². The summed E-state index contributed by atoms with van der Waals surface area (Å²) in [7, 11) is -1.19. The van der Waals surface area contributed by atoms with E-state index in [9.17, 15) is 31.5 Å². The van der Waals surface area contributed by atoms with Crippen LogP contribution < -0.4 is 20.1 Å². The number of nitrogens with one attached hydrogen (secondary N) is 3. The number of nitrogens with zero attached hydrogens (tertiary/aromatic N) is 2. The van der Waals surface area contributed by atoms with Crippen molar-refractivity contribution < 1.29 is 41.0 Å². The topological polar surface area (TPSA) is 134 Å². The Morgan fingerprint density at radius 3 is 2.53 bits per heavy atom. The molecule has 0 bridgehead atoms. The zero-order valence-electron chi connectivity index (χ0n) is 26.5. The largest absolute Gasteiger partial charge is 0.495 e. The fourth-order valence-electron chi connectivity index (χ4n) is 5.43. The highest BCUT2D eigenvalue weighted by atomic mass is 32.2. The monoisotopic (exact) mass is 679 g/mol. The molecule has 1 unspecified atom stereocenters. The highest BCUT2D eigenvalue weighted by Gasteiger charge is 2.30. The number of aromatic nitrogens is 1. The molecule has 1 amide bonds. The van der Waals surface area contributed by atoms with Gasteiger partial charge >= 0.3 is 6.18 Å². The fourth-order valence-corrected chi connectivity index (χ4v) is 6.50. The molecule has 1 fully saturated rings. The van der Waals surface area contributed by atoms with Crippen molar-refractivity contribution in [2.24, 2.45) is 0 Å². The van der Waals surface area contributed by atoms with E-state index in [1.807, 2.05) is 10.8 Å². The summed E-state index contributed by atoms with van der Waals surface area (Å²) >= 11 is 0. The summed E-state index contributed by atoms with van der Waals surface area (Å²) in [5.41, 5.74) is 1.72. The van der Waals surface area contributed by atoms with Crippen LogP contribution in [0.25, 0.3) is 10.9 Å². The first-order chi connectivity index (χ1) is 22.3. The Balaban J connectivity index is 1.50. The minimum atomic E-state index is -4.48. The number of aliphatic hydroxyl groups excluding tert-OH is 1. The standard InChI is InChI=1S/C32H40F3N5O6S/c1-4-31(42)38-47(43,44)25-10-11-28(30(18-25)46-3)36-14-6-7-23-17-26-27(8-5-9-29(26)40(23)21-32(33,34)35)37-22-12-15-39(16-13-22)19-24(41)20-45-2/h5,8-11,17-18,22,24,36-37,41H,4,12-16,19-21H2,1-3H3,(H,38,42). The van der Waals surface area contributed by atoms with Gasteiger partial charge < -0.3 is 34.7 Å². The fraction of sp³-hybridized carbons (Fsp3) is 0.469. The van der Waals surface area contributed by atoms with E-state index in [2.05, 4.69) is 27.4 Å². The zero-order valence-corrected chi connectivity index (χ0v) is 27.3. The molecule has 0 aliphatic carbocycles. The van der Waals surface area contributed by atoms with Crippen molar-refractivity contribution >= 4 is 38.2 Å². The Morgan fingerprint density at radius 2 is 1.87 bits per heavy atom. The maximum absolute atomic E-state index is 13.7. The van der Waals surface area contributed by atoms with E-state index >= 15 is 0 Å². The summed E-state index contributed by atoms with van der Waals surface area (Å²) in [6.45, 7) is 2.67. The quantitative estimate of drug-likeness (QED) is 0.199. The normalized spacial score (nSPS) is 15.1. The number of β-amino-alcohol motifs (C(OH)–C–C–N with tert-alkyl or cyclic N) is 1. The number of aliphatic hydroxyl groups is 1. The second-order valence-corrected chi connectivity index (χ2v) is 12.9. The van der Waals surface area contributed by atoms with Crippen LogP contribution in [-0.2, 0) is 26.1 Å². The predicted octanol–water partition coefficient (Wildman–Crippen LogP) is 3.77. The zero-order chi connectivity index (χ0) is 34.2. The van der Waals surface area contributed by atoms with Crippen LogP contribution in [0.15, 0.2) is 47.4 Å². The third-order valence-electron chi connectivity index (χ3n) is 7.69. The van der Waals surface area contributed by atoms with Gasteiger partial charge in [0.1, 0.15) is 12.3 Å². The third-order valence-corrected chi connectivity index (χ3v) is 9.07. The van der Waals surface area contributed by atoms with E-state index in [0.29, 0.717) is 23.1 Å². The molecule has 2 aromatic carbocycles. The van der Waals surface area contributed by atoms with Gasteiger partial charge in [0.15, 0.2) is 0 Å². The molecule has 0 spiro atoms. The number of sulfonamides is 1. The number of alkyl halides is 3. The van der Waals surface area contributed by atoms with Gasteiger partial charge in [-0.15, -0.1) is 0 Å². The predicted molar refractivity (Wildman–Crippen MR) is 173 cm³/mol. The Labute approximate surface area is 272 Å². The van der Waals surface area contributed by atoms with Crippen LogP contribution in [0.4, 0.5) is 24.5 Å². The lowest BCUT2D eigenvalue weighted by molar-refractivity contribution is -0.140. The van der Waals surface area contributed by atoms with Gasteiger partial charge in [0.05, 0.1) is 48.2 Å². The summed E-state index contributed by atoms with van der Waals surface area (Å²) in [4.78, 5) is 13.6. The van der Waals surface area contributed by atoms with E-state index in [4.69, 9.17) is 9.47 Å². The first kappa shape index (κ1) is 35.9. The average molecular weight is 680 g/mol. The maximum Gasteiger partial charge on any atom is 0.406 e. The number of halogens is 3. The number of rotatable bonds is 13. The first-order valence-corrected chi connectivity index (χ1v) is 16.6. The second-order valence-electron chi connectivity index (χ2n) is 11.2. The molecule has 4 N–H and O–H groups in total. The van der Waals surface area contributed by atoms with Crippen molar-refractivity contribution in [2.75, 3.05) is 57.6 Å². The summed E-state index contributed by atoms with van der Waals surface area (Å²) < 4.78 is 79.4. The number of hydrogen-bond acceptors (Lipinski definition) is 9. The summed E-state index contributed by atoms with van der Waals surface area (Å²) in [6.07, 6.45) is -3.43. The molecule has 1 aliphatic heterocycles. The van der Waals surface area contributed by atoms with Crippen LogP contribution in [-0.4, -0.2) is 94.2 Å². The number of carbonyl (C=O) groups is 1. The minimum absolute atomic E-state index is 0.00371. The number of likely N-dealkylation sites (tertiary alicyclic amines) is 1. The number of anilines is 2. The Bertz CT molecular complexity index is 1710. The number of ether oxygens (including phenoxy) is 2. The lowest BCUT2D eigenvalue weighted by Crippen LogP contribution is -2.43. The van der Waals surface area contributed by atoms with E-state index in [-0.39, 0.29) is 42.0 Å². The third kappa shape index (κ3) is 9.77. The molecule has 0 radical (unpaired) electrons. The SMILES string of the molecule is CCC(=O)NS(=O)(=O)c1ccc(NCC#Cc2cc3c(NC4CCN(CC(O)COC)CC4)cccc3n2CC(F)(F)F)c(OC)c1. The van der Waals surface area contributed by atoms with Crippen molar-refractivity contribution in [1.29, 1.82) is 0 Å². The van der Waals surface area contributed by atoms with Crippen molar-refractivity contribution in [1.82, 2.24) is 14.2 Å². The molecule has 15 heteroatoms. The molecule has 0 saturated carbocycles.